The van der Waals surface area contributed by atoms with Gasteiger partial charge in [0.25, 0.3) is 0 Å². The van der Waals surface area contributed by atoms with E-state index >= 15 is 0 Å². The monoisotopic (exact) mass is 539 g/mol. The van der Waals surface area contributed by atoms with E-state index in [9.17, 15) is 0 Å². The number of hydrogen-bond donors (Lipinski definition) is 0. The van der Waals surface area contributed by atoms with E-state index in [1.807, 2.05) is 12.1 Å². The predicted octanol–water partition coefficient (Wildman–Crippen LogP) is 10.9. The quantitative estimate of drug-likeness (QED) is 0.208. The van der Waals surface area contributed by atoms with Gasteiger partial charge in [0.05, 0.1) is 11.0 Å². The molecule has 3 aromatic heterocycles. The van der Waals surface area contributed by atoms with Crippen LogP contribution in [0, 0.1) is 0 Å². The molecular weight excluding hydrogens is 514 g/mol. The number of hydrogen-bond acceptors (Lipinski definition) is 2. The van der Waals surface area contributed by atoms with E-state index in [1.54, 1.807) is 0 Å². The molecule has 0 spiro atoms. The third-order valence-corrected chi connectivity index (χ3v) is 9.55. The number of aromatic nitrogens is 1. The fourth-order valence-corrected chi connectivity index (χ4v) is 7.79. The van der Waals surface area contributed by atoms with Crippen molar-refractivity contribution in [1.82, 2.24) is 4.57 Å². The Hall–Kier alpha value is -5.28. The Morgan fingerprint density at radius 2 is 1.24 bits per heavy atom. The number of benzene rings is 6. The molecule has 6 aromatic carbocycles. The van der Waals surface area contributed by atoms with E-state index in [4.69, 9.17) is 8.83 Å². The summed E-state index contributed by atoms with van der Waals surface area (Å²) in [5, 5.41) is 7.09. The first kappa shape index (κ1) is 22.4. The molecule has 0 unspecified atom stereocenters. The van der Waals surface area contributed by atoms with Gasteiger partial charge in [-0.2, -0.15) is 0 Å². The molecule has 0 saturated heterocycles. The number of nitrogens with zero attached hydrogens (tertiary/aromatic N) is 1. The zero-order valence-corrected chi connectivity index (χ0v) is 23.2. The Labute approximate surface area is 241 Å². The molecule has 0 aliphatic heterocycles. The van der Waals surface area contributed by atoms with Crippen molar-refractivity contribution < 1.29 is 8.83 Å². The lowest BCUT2D eigenvalue weighted by molar-refractivity contribution is 0.620. The van der Waals surface area contributed by atoms with Crippen molar-refractivity contribution in [2.24, 2.45) is 0 Å². The van der Waals surface area contributed by atoms with Crippen LogP contribution in [-0.4, -0.2) is 4.57 Å². The first-order valence-corrected chi connectivity index (χ1v) is 14.5. The minimum absolute atomic E-state index is 0.224. The van der Waals surface area contributed by atoms with E-state index < -0.39 is 0 Å². The summed E-state index contributed by atoms with van der Waals surface area (Å²) >= 11 is 0. The summed E-state index contributed by atoms with van der Waals surface area (Å²) in [6, 6.07) is 41.1. The topological polar surface area (TPSA) is 31.2 Å². The minimum atomic E-state index is -0.224. The van der Waals surface area contributed by atoms with E-state index in [2.05, 4.69) is 122 Å². The fraction of sp³-hybridized carbons (Fsp3) is 0.0769. The smallest absolute Gasteiger partial charge is 0.140 e. The first-order chi connectivity index (χ1) is 20.6. The van der Waals surface area contributed by atoms with Crippen LogP contribution >= 0.6 is 0 Å². The second kappa shape index (κ2) is 7.51. The van der Waals surface area contributed by atoms with Gasteiger partial charge in [-0.3, -0.25) is 0 Å². The third kappa shape index (κ3) is 2.58. The maximum absolute atomic E-state index is 6.81. The van der Waals surface area contributed by atoms with Crippen LogP contribution in [0.1, 0.15) is 25.0 Å². The lowest BCUT2D eigenvalue weighted by atomic mass is 9.81. The highest BCUT2D eigenvalue weighted by Gasteiger charge is 2.41. The molecular formula is C39H25NO2. The highest BCUT2D eigenvalue weighted by Crippen LogP contribution is 2.57. The van der Waals surface area contributed by atoms with Crippen molar-refractivity contribution >= 4 is 65.7 Å². The standard InChI is InChI=1S/C39H25NO2/c1-39(2)28-15-7-3-12-24(28)35-36(39)38-34(26-14-6-10-18-31(26)42-38)33-25-13-4-8-16-29(25)40(37(33)35)22-19-20-32-27(21-22)23-11-5-9-17-30(23)41-32/h3-21H,1-2H3. The van der Waals surface area contributed by atoms with Crippen LogP contribution in [0.15, 0.2) is 124 Å². The summed E-state index contributed by atoms with van der Waals surface area (Å²) in [7, 11) is 0. The summed E-state index contributed by atoms with van der Waals surface area (Å²) < 4.78 is 15.5. The van der Waals surface area contributed by atoms with Crippen molar-refractivity contribution in [1.29, 1.82) is 0 Å². The zero-order chi connectivity index (χ0) is 27.7. The number of para-hydroxylation sites is 3. The van der Waals surface area contributed by atoms with Gasteiger partial charge in [-0.05, 0) is 47.5 Å². The van der Waals surface area contributed by atoms with Gasteiger partial charge < -0.3 is 13.4 Å². The first-order valence-electron chi connectivity index (χ1n) is 14.5. The molecule has 0 fully saturated rings. The summed E-state index contributed by atoms with van der Waals surface area (Å²) in [6.45, 7) is 4.68. The molecule has 0 saturated carbocycles. The van der Waals surface area contributed by atoms with Gasteiger partial charge in [-0.25, -0.2) is 0 Å². The Balaban J connectivity index is 1.49. The second-order valence-corrected chi connectivity index (χ2v) is 12.1. The third-order valence-electron chi connectivity index (χ3n) is 9.55. The van der Waals surface area contributed by atoms with Crippen molar-refractivity contribution in [2.45, 2.75) is 19.3 Å². The molecule has 0 N–H and O–H groups in total. The van der Waals surface area contributed by atoms with Crippen molar-refractivity contribution in [3.05, 3.63) is 126 Å². The SMILES string of the molecule is CC1(C)c2ccccc2-c2c1c1oc3ccccc3c1c1c3ccccc3n(-c3ccc4oc5ccccc5c4c3)c21. The van der Waals surface area contributed by atoms with Crippen LogP contribution in [0.4, 0.5) is 0 Å². The molecule has 10 rings (SSSR count). The molecule has 0 amide bonds. The maximum Gasteiger partial charge on any atom is 0.140 e. The van der Waals surface area contributed by atoms with Gasteiger partial charge in [0.2, 0.25) is 0 Å². The number of furan rings is 2. The Morgan fingerprint density at radius 3 is 2.10 bits per heavy atom. The molecule has 1 aliphatic rings. The van der Waals surface area contributed by atoms with Crippen molar-refractivity contribution in [2.75, 3.05) is 0 Å². The molecule has 3 heterocycles. The molecule has 0 bridgehead atoms. The summed E-state index contributed by atoms with van der Waals surface area (Å²) in [4.78, 5) is 0. The summed E-state index contributed by atoms with van der Waals surface area (Å²) in [5.74, 6) is 0. The van der Waals surface area contributed by atoms with Gasteiger partial charge in [0.1, 0.15) is 22.3 Å². The largest absolute Gasteiger partial charge is 0.456 e. The second-order valence-electron chi connectivity index (χ2n) is 12.1. The number of rotatable bonds is 1. The number of fused-ring (bicyclic) bond motifs is 15. The molecule has 198 valence electrons. The van der Waals surface area contributed by atoms with E-state index in [-0.39, 0.29) is 5.41 Å². The molecule has 1 aliphatic carbocycles. The van der Waals surface area contributed by atoms with Gasteiger partial charge in [0, 0.05) is 54.5 Å². The minimum Gasteiger partial charge on any atom is -0.456 e. The van der Waals surface area contributed by atoms with Gasteiger partial charge in [-0.15, -0.1) is 0 Å². The predicted molar refractivity (Wildman–Crippen MR) is 173 cm³/mol. The zero-order valence-electron chi connectivity index (χ0n) is 23.2. The van der Waals surface area contributed by atoms with Gasteiger partial charge in [-0.1, -0.05) is 92.7 Å². The van der Waals surface area contributed by atoms with E-state index in [0.717, 1.165) is 44.2 Å². The van der Waals surface area contributed by atoms with Crippen LogP contribution < -0.4 is 0 Å². The Bertz CT molecular complexity index is 2610. The van der Waals surface area contributed by atoms with E-state index in [0.29, 0.717) is 0 Å². The van der Waals surface area contributed by atoms with Crippen molar-refractivity contribution in [3.8, 4) is 16.8 Å². The molecule has 9 aromatic rings. The summed E-state index contributed by atoms with van der Waals surface area (Å²) in [6.07, 6.45) is 0. The highest BCUT2D eigenvalue weighted by atomic mass is 16.3. The maximum atomic E-state index is 6.81. The van der Waals surface area contributed by atoms with Crippen LogP contribution in [-0.2, 0) is 5.41 Å². The van der Waals surface area contributed by atoms with Gasteiger partial charge >= 0.3 is 0 Å². The van der Waals surface area contributed by atoms with Crippen LogP contribution in [0.2, 0.25) is 0 Å². The Morgan fingerprint density at radius 1 is 0.571 bits per heavy atom. The molecule has 3 nitrogen and oxygen atoms in total. The Kier molecular flexibility index (Phi) is 4.01. The lowest BCUT2D eigenvalue weighted by Crippen LogP contribution is -2.15. The van der Waals surface area contributed by atoms with Crippen LogP contribution in [0.25, 0.3) is 82.5 Å². The highest BCUT2D eigenvalue weighted by molar-refractivity contribution is 6.32. The average Bonchev–Trinajstić information content (AvgIpc) is 3.74. The molecule has 3 heteroatoms. The lowest BCUT2D eigenvalue weighted by Gasteiger charge is -2.22. The fourth-order valence-electron chi connectivity index (χ4n) is 7.79. The average molecular weight is 540 g/mol. The van der Waals surface area contributed by atoms with Crippen LogP contribution in [0.5, 0.6) is 0 Å². The molecule has 42 heavy (non-hydrogen) atoms. The van der Waals surface area contributed by atoms with Crippen LogP contribution in [0.3, 0.4) is 0 Å². The van der Waals surface area contributed by atoms with Gasteiger partial charge in [0.15, 0.2) is 0 Å². The van der Waals surface area contributed by atoms with E-state index in [1.165, 1.54) is 49.4 Å². The van der Waals surface area contributed by atoms with Crippen molar-refractivity contribution in [3.63, 3.8) is 0 Å². The molecule has 0 atom stereocenters. The summed E-state index contributed by atoms with van der Waals surface area (Å²) in [5.41, 5.74) is 12.2. The normalized spacial score (nSPS) is 14.1. The molecule has 0 radical (unpaired) electrons.